The molecule has 3 rings (SSSR count). The molecule has 3 aromatic rings. The molecule has 43 heavy (non-hydrogen) atoms. The van der Waals surface area contributed by atoms with E-state index in [9.17, 15) is 22.8 Å². The van der Waals surface area contributed by atoms with Crippen LogP contribution in [0.15, 0.2) is 77.8 Å². The first kappa shape index (κ1) is 34.2. The fourth-order valence-corrected chi connectivity index (χ4v) is 5.80. The number of amides is 2. The summed E-state index contributed by atoms with van der Waals surface area (Å²) >= 11 is 2.91. The van der Waals surface area contributed by atoms with Gasteiger partial charge in [0.05, 0.1) is 10.6 Å². The number of carbonyl (C=O) groups excluding carboxylic acids is 2. The number of aliphatic imine (C=N–C) groups is 1. The molecule has 0 aliphatic heterocycles. The maximum Gasteiger partial charge on any atom is 0.416 e. The number of hydrogen-bond donors (Lipinski definition) is 2. The Morgan fingerprint density at radius 2 is 1.51 bits per heavy atom. The number of carbonyl (C=O) groups is 2. The van der Waals surface area contributed by atoms with E-state index >= 15 is 0 Å². The van der Waals surface area contributed by atoms with Gasteiger partial charge in [-0.1, -0.05) is 77.8 Å². The fourth-order valence-electron chi connectivity index (χ4n) is 4.04. The van der Waals surface area contributed by atoms with Crippen molar-refractivity contribution >= 4 is 40.7 Å². The van der Waals surface area contributed by atoms with E-state index in [0.29, 0.717) is 47.4 Å². The predicted molar refractivity (Wildman–Crippen MR) is 172 cm³/mol. The van der Waals surface area contributed by atoms with Crippen LogP contribution in [0, 0.1) is 6.92 Å². The SMILES string of the molecule is CC(=O)NC(=NC(C)C)SCSNCCN(CCc1ccc(C)cc1)C(=O)c1ccc(-c2ccc(C(F)(F)F)cc2)cc1. The fraction of sp³-hybridized carbons (Fsp3) is 0.344. The molecule has 0 unspecified atom stereocenters. The van der Waals surface area contributed by atoms with E-state index in [-0.39, 0.29) is 17.9 Å². The Hall–Kier alpha value is -3.28. The molecular formula is C32H37F3N4O2S2. The summed E-state index contributed by atoms with van der Waals surface area (Å²) in [5, 5.41) is 3.94. The summed E-state index contributed by atoms with van der Waals surface area (Å²) in [6, 6.07) is 20.2. The topological polar surface area (TPSA) is 73.8 Å². The van der Waals surface area contributed by atoms with Crippen molar-refractivity contribution in [2.75, 3.05) is 24.7 Å². The van der Waals surface area contributed by atoms with Crippen molar-refractivity contribution in [2.24, 2.45) is 4.99 Å². The number of hydrogen-bond acceptors (Lipinski definition) is 6. The van der Waals surface area contributed by atoms with Gasteiger partial charge < -0.3 is 10.2 Å². The Balaban J connectivity index is 1.62. The number of nitrogens with zero attached hydrogens (tertiary/aromatic N) is 2. The maximum atomic E-state index is 13.5. The number of benzene rings is 3. The van der Waals surface area contributed by atoms with Crippen LogP contribution in [-0.2, 0) is 17.4 Å². The number of nitrogens with one attached hydrogen (secondary N) is 2. The van der Waals surface area contributed by atoms with Crippen molar-refractivity contribution in [1.82, 2.24) is 14.9 Å². The molecule has 0 aliphatic rings. The van der Waals surface area contributed by atoms with Crippen LogP contribution in [0.5, 0.6) is 0 Å². The van der Waals surface area contributed by atoms with Crippen molar-refractivity contribution in [2.45, 2.75) is 46.3 Å². The molecular weight excluding hydrogens is 594 g/mol. The van der Waals surface area contributed by atoms with Gasteiger partial charge in [-0.25, -0.2) is 0 Å². The van der Waals surface area contributed by atoms with Crippen LogP contribution in [0.25, 0.3) is 11.1 Å². The Bertz CT molecular complexity index is 1360. The Morgan fingerprint density at radius 1 is 0.907 bits per heavy atom. The number of amidine groups is 1. The molecule has 230 valence electrons. The maximum absolute atomic E-state index is 13.5. The molecule has 0 atom stereocenters. The zero-order valence-electron chi connectivity index (χ0n) is 24.7. The van der Waals surface area contributed by atoms with E-state index in [1.54, 1.807) is 29.2 Å². The van der Waals surface area contributed by atoms with Gasteiger partial charge in [0, 0.05) is 38.2 Å². The Morgan fingerprint density at radius 3 is 2.07 bits per heavy atom. The minimum atomic E-state index is -4.39. The summed E-state index contributed by atoms with van der Waals surface area (Å²) < 4.78 is 42.1. The van der Waals surface area contributed by atoms with E-state index in [0.717, 1.165) is 23.3 Å². The summed E-state index contributed by atoms with van der Waals surface area (Å²) in [4.78, 5) is 31.2. The molecule has 0 radical (unpaired) electrons. The second kappa shape index (κ2) is 16.5. The normalized spacial score (nSPS) is 12.0. The minimum absolute atomic E-state index is 0.0596. The zero-order chi connectivity index (χ0) is 31.4. The molecule has 3 aromatic carbocycles. The second-order valence-corrected chi connectivity index (χ2v) is 12.4. The van der Waals surface area contributed by atoms with E-state index in [1.807, 2.05) is 20.8 Å². The lowest BCUT2D eigenvalue weighted by Crippen LogP contribution is -2.37. The van der Waals surface area contributed by atoms with Crippen molar-refractivity contribution in [1.29, 1.82) is 0 Å². The monoisotopic (exact) mass is 630 g/mol. The minimum Gasteiger partial charge on any atom is -0.337 e. The Labute approximate surface area is 260 Å². The summed E-state index contributed by atoms with van der Waals surface area (Å²) in [6.07, 6.45) is -3.69. The summed E-state index contributed by atoms with van der Waals surface area (Å²) in [6.45, 7) is 8.91. The zero-order valence-corrected chi connectivity index (χ0v) is 26.3. The van der Waals surface area contributed by atoms with Gasteiger partial charge in [0.25, 0.3) is 5.91 Å². The third kappa shape index (κ3) is 11.7. The molecule has 0 spiro atoms. The van der Waals surface area contributed by atoms with E-state index < -0.39 is 11.7 Å². The van der Waals surface area contributed by atoms with Crippen LogP contribution in [0.2, 0.25) is 0 Å². The van der Waals surface area contributed by atoms with E-state index in [2.05, 4.69) is 39.3 Å². The van der Waals surface area contributed by atoms with Gasteiger partial charge in [-0.3, -0.25) is 19.3 Å². The smallest absolute Gasteiger partial charge is 0.337 e. The lowest BCUT2D eigenvalue weighted by atomic mass is 10.0. The van der Waals surface area contributed by atoms with Gasteiger partial charge in [-0.05, 0) is 68.1 Å². The highest BCUT2D eigenvalue weighted by molar-refractivity contribution is 8.23. The highest BCUT2D eigenvalue weighted by atomic mass is 32.2. The number of halogens is 3. The quantitative estimate of drug-likeness (QED) is 0.0729. The molecule has 6 nitrogen and oxygen atoms in total. The van der Waals surface area contributed by atoms with Gasteiger partial charge in [0.1, 0.15) is 0 Å². The number of aryl methyl sites for hydroxylation is 1. The summed E-state index contributed by atoms with van der Waals surface area (Å²) in [7, 11) is 0. The largest absolute Gasteiger partial charge is 0.416 e. The van der Waals surface area contributed by atoms with Crippen molar-refractivity contribution in [3.05, 3.63) is 95.1 Å². The molecule has 2 amide bonds. The molecule has 0 aromatic heterocycles. The molecule has 0 fully saturated rings. The van der Waals surface area contributed by atoms with Gasteiger partial charge in [-0.2, -0.15) is 13.2 Å². The first-order valence-electron chi connectivity index (χ1n) is 13.9. The molecule has 11 heteroatoms. The van der Waals surface area contributed by atoms with Crippen molar-refractivity contribution in [3.8, 4) is 11.1 Å². The van der Waals surface area contributed by atoms with Gasteiger partial charge in [0.2, 0.25) is 5.91 Å². The average Bonchev–Trinajstić information content (AvgIpc) is 2.96. The third-order valence-electron chi connectivity index (χ3n) is 6.25. The second-order valence-electron chi connectivity index (χ2n) is 10.2. The summed E-state index contributed by atoms with van der Waals surface area (Å²) in [5.41, 5.74) is 3.48. The highest BCUT2D eigenvalue weighted by Gasteiger charge is 2.30. The average molecular weight is 631 g/mol. The van der Waals surface area contributed by atoms with Gasteiger partial charge in [-0.15, -0.1) is 0 Å². The number of thioether (sulfide) groups is 1. The van der Waals surface area contributed by atoms with Crippen LogP contribution < -0.4 is 10.0 Å². The van der Waals surface area contributed by atoms with E-state index in [4.69, 9.17) is 0 Å². The van der Waals surface area contributed by atoms with Gasteiger partial charge >= 0.3 is 6.18 Å². The Kier molecular flexibility index (Phi) is 13.2. The number of rotatable bonds is 12. The predicted octanol–water partition coefficient (Wildman–Crippen LogP) is 7.19. The third-order valence-corrected chi connectivity index (χ3v) is 8.09. The van der Waals surface area contributed by atoms with Crippen LogP contribution >= 0.6 is 23.7 Å². The first-order valence-corrected chi connectivity index (χ1v) is 15.8. The highest BCUT2D eigenvalue weighted by Crippen LogP contribution is 2.31. The summed E-state index contributed by atoms with van der Waals surface area (Å²) in [5.74, 6) is -0.288. The molecule has 0 bridgehead atoms. The molecule has 2 N–H and O–H groups in total. The molecule has 0 heterocycles. The van der Waals surface area contributed by atoms with Crippen LogP contribution in [0.4, 0.5) is 13.2 Å². The molecule has 0 saturated carbocycles. The number of alkyl halides is 3. The van der Waals surface area contributed by atoms with Crippen LogP contribution in [-0.4, -0.2) is 52.6 Å². The lowest BCUT2D eigenvalue weighted by molar-refractivity contribution is -0.137. The van der Waals surface area contributed by atoms with Gasteiger partial charge in [0.15, 0.2) is 5.17 Å². The molecule has 0 saturated heterocycles. The van der Waals surface area contributed by atoms with Crippen molar-refractivity contribution in [3.63, 3.8) is 0 Å². The standard InChI is InChI=1S/C32H37F3N4O2S2/c1-22(2)37-31(38-24(4)40)42-21-43-36-18-20-39(19-17-25-7-5-23(3)6-8-25)30(41)28-11-9-26(10-12-28)27-13-15-29(16-14-27)32(33,34)35/h5-16,22,36H,17-21H2,1-4H3,(H,37,38,40). The van der Waals surface area contributed by atoms with Crippen LogP contribution in [0.3, 0.4) is 0 Å². The first-order chi connectivity index (χ1) is 20.4. The van der Waals surface area contributed by atoms with E-state index in [1.165, 1.54) is 48.3 Å². The molecule has 0 aliphatic carbocycles. The van der Waals surface area contributed by atoms with Crippen LogP contribution in [0.1, 0.15) is 47.8 Å². The van der Waals surface area contributed by atoms with Crippen molar-refractivity contribution < 1.29 is 22.8 Å². The lowest BCUT2D eigenvalue weighted by Gasteiger charge is -2.23.